The van der Waals surface area contributed by atoms with E-state index in [9.17, 15) is 4.79 Å². The summed E-state index contributed by atoms with van der Waals surface area (Å²) in [5.74, 6) is -0.221. The lowest BCUT2D eigenvalue weighted by atomic mass is 10.1. The van der Waals surface area contributed by atoms with Gasteiger partial charge in [0, 0.05) is 36.3 Å². The zero-order valence-electron chi connectivity index (χ0n) is 24.8. The molecule has 1 fully saturated rings. The Morgan fingerprint density at radius 2 is 1.77 bits per heavy atom. The van der Waals surface area contributed by atoms with Crippen LogP contribution in [0.1, 0.15) is 38.6 Å². The number of aromatic nitrogens is 4. The van der Waals surface area contributed by atoms with Crippen molar-refractivity contribution in [2.24, 2.45) is 0 Å². The van der Waals surface area contributed by atoms with E-state index in [0.717, 1.165) is 63.7 Å². The molecule has 1 aliphatic heterocycles. The number of carbonyl (C=O) groups is 1. The minimum absolute atomic E-state index is 0.221. The fourth-order valence-electron chi connectivity index (χ4n) is 5.18. The number of nitrogens with one attached hydrogen (secondary N) is 1. The van der Waals surface area contributed by atoms with Crippen molar-refractivity contribution in [2.75, 3.05) is 43.1 Å². The van der Waals surface area contributed by atoms with Crippen molar-refractivity contribution in [3.05, 3.63) is 84.3 Å². The molecule has 5 aromatic rings. The molecule has 0 aliphatic carbocycles. The van der Waals surface area contributed by atoms with Gasteiger partial charge in [-0.1, -0.05) is 36.4 Å². The lowest BCUT2D eigenvalue weighted by Gasteiger charge is -2.28. The van der Waals surface area contributed by atoms with Gasteiger partial charge in [0.05, 0.1) is 48.4 Å². The SMILES string of the molecule is CC(C)(C)OC(=O)CCNc1ccc(-c2c(C=Cc3ccc4ccccc4n3)nc3c(N4CCOCC4)ccnn23)cc1. The molecular formula is C34H36N6O3. The Labute approximate surface area is 251 Å². The molecule has 0 unspecified atom stereocenters. The summed E-state index contributed by atoms with van der Waals surface area (Å²) in [4.78, 5) is 24.3. The summed E-state index contributed by atoms with van der Waals surface area (Å²) >= 11 is 0. The smallest absolute Gasteiger partial charge is 0.308 e. The Bertz CT molecular complexity index is 1770. The zero-order valence-corrected chi connectivity index (χ0v) is 24.8. The molecule has 4 heterocycles. The minimum atomic E-state index is -0.487. The molecule has 6 rings (SSSR count). The highest BCUT2D eigenvalue weighted by molar-refractivity contribution is 5.85. The Morgan fingerprint density at radius 3 is 2.56 bits per heavy atom. The van der Waals surface area contributed by atoms with E-state index in [1.165, 1.54) is 0 Å². The van der Waals surface area contributed by atoms with E-state index in [2.05, 4.69) is 22.3 Å². The number of benzene rings is 2. The Morgan fingerprint density at radius 1 is 0.977 bits per heavy atom. The molecule has 220 valence electrons. The lowest BCUT2D eigenvalue weighted by molar-refractivity contribution is -0.154. The van der Waals surface area contributed by atoms with Crippen LogP contribution >= 0.6 is 0 Å². The lowest BCUT2D eigenvalue weighted by Crippen LogP contribution is -2.36. The maximum atomic E-state index is 12.1. The summed E-state index contributed by atoms with van der Waals surface area (Å²) in [5, 5.41) is 9.15. The summed E-state index contributed by atoms with van der Waals surface area (Å²) < 4.78 is 12.9. The fraction of sp³-hybridized carbons (Fsp3) is 0.294. The van der Waals surface area contributed by atoms with E-state index in [0.29, 0.717) is 19.8 Å². The van der Waals surface area contributed by atoms with E-state index in [-0.39, 0.29) is 12.4 Å². The van der Waals surface area contributed by atoms with Gasteiger partial charge in [0.2, 0.25) is 0 Å². The number of nitrogens with zero attached hydrogens (tertiary/aromatic N) is 5. The summed E-state index contributed by atoms with van der Waals surface area (Å²) in [5.41, 5.74) is 6.73. The molecule has 43 heavy (non-hydrogen) atoms. The average molecular weight is 577 g/mol. The van der Waals surface area contributed by atoms with Crippen LogP contribution in [0.25, 0.3) is 40.0 Å². The molecule has 0 atom stereocenters. The predicted octanol–water partition coefficient (Wildman–Crippen LogP) is 6.10. The number of morpholine rings is 1. The van der Waals surface area contributed by atoms with Gasteiger partial charge >= 0.3 is 5.97 Å². The number of esters is 1. The molecule has 0 bridgehead atoms. The van der Waals surface area contributed by atoms with Crippen LogP contribution in [0.15, 0.2) is 72.9 Å². The molecule has 0 radical (unpaired) electrons. The second kappa shape index (κ2) is 12.2. The number of imidazole rings is 1. The van der Waals surface area contributed by atoms with Crippen molar-refractivity contribution in [3.8, 4) is 11.3 Å². The van der Waals surface area contributed by atoms with E-state index in [1.807, 2.05) is 98.2 Å². The van der Waals surface area contributed by atoms with Crippen LogP contribution in [-0.2, 0) is 14.3 Å². The summed E-state index contributed by atoms with van der Waals surface area (Å²) in [6.45, 7) is 9.08. The first-order valence-corrected chi connectivity index (χ1v) is 14.6. The highest BCUT2D eigenvalue weighted by Crippen LogP contribution is 2.31. The number of para-hydroxylation sites is 1. The second-order valence-electron chi connectivity index (χ2n) is 11.5. The number of pyridine rings is 1. The van der Waals surface area contributed by atoms with E-state index in [1.54, 1.807) is 0 Å². The molecule has 1 aliphatic rings. The monoisotopic (exact) mass is 576 g/mol. The van der Waals surface area contributed by atoms with Crippen LogP contribution in [0.5, 0.6) is 0 Å². The topological polar surface area (TPSA) is 93.9 Å². The third-order valence-corrected chi connectivity index (χ3v) is 7.15. The van der Waals surface area contributed by atoms with Crippen molar-refractivity contribution in [1.29, 1.82) is 0 Å². The van der Waals surface area contributed by atoms with Crippen molar-refractivity contribution in [1.82, 2.24) is 19.6 Å². The van der Waals surface area contributed by atoms with Crippen LogP contribution in [0, 0.1) is 0 Å². The number of ether oxygens (including phenoxy) is 2. The maximum absolute atomic E-state index is 12.1. The number of rotatable bonds is 8. The highest BCUT2D eigenvalue weighted by atomic mass is 16.6. The van der Waals surface area contributed by atoms with Crippen molar-refractivity contribution in [2.45, 2.75) is 32.8 Å². The van der Waals surface area contributed by atoms with Crippen LogP contribution in [0.4, 0.5) is 11.4 Å². The summed E-state index contributed by atoms with van der Waals surface area (Å²) in [6, 6.07) is 22.3. The molecule has 9 heteroatoms. The van der Waals surface area contributed by atoms with Crippen LogP contribution in [-0.4, -0.2) is 64.0 Å². The normalized spacial score (nSPS) is 14.1. The van der Waals surface area contributed by atoms with Crippen LogP contribution in [0.3, 0.4) is 0 Å². The molecule has 2 aromatic carbocycles. The van der Waals surface area contributed by atoms with Gasteiger partial charge in [0.15, 0.2) is 5.65 Å². The third kappa shape index (κ3) is 6.67. The molecule has 1 saturated heterocycles. The molecule has 0 amide bonds. The van der Waals surface area contributed by atoms with Gasteiger partial charge in [0.25, 0.3) is 0 Å². The Hall–Kier alpha value is -4.76. The standard InChI is InChI=1S/C34H36N6O3/c1-34(2,3)43-31(41)17-18-35-26-11-9-25(10-12-26)32-29(15-14-27-13-8-24-6-4-5-7-28(24)37-27)38-33-30(16-19-36-40(32)33)39-20-22-42-23-21-39/h4-16,19,35H,17-18,20-23H2,1-3H3. The quantitative estimate of drug-likeness (QED) is 0.222. The Kier molecular flexibility index (Phi) is 8.07. The zero-order chi connectivity index (χ0) is 29.8. The average Bonchev–Trinajstić information content (AvgIpc) is 3.38. The number of carbonyl (C=O) groups excluding carboxylic acids is 1. The molecule has 0 saturated carbocycles. The highest BCUT2D eigenvalue weighted by Gasteiger charge is 2.21. The number of hydrogen-bond acceptors (Lipinski definition) is 8. The fourth-order valence-corrected chi connectivity index (χ4v) is 5.18. The van der Waals surface area contributed by atoms with Gasteiger partial charge in [-0.2, -0.15) is 5.10 Å². The molecular weight excluding hydrogens is 540 g/mol. The van der Waals surface area contributed by atoms with Gasteiger partial charge < -0.3 is 19.7 Å². The third-order valence-electron chi connectivity index (χ3n) is 7.15. The van der Waals surface area contributed by atoms with Crippen molar-refractivity contribution < 1.29 is 14.3 Å². The second-order valence-corrected chi connectivity index (χ2v) is 11.5. The summed E-state index contributed by atoms with van der Waals surface area (Å²) in [7, 11) is 0. The molecule has 3 aromatic heterocycles. The number of anilines is 2. The van der Waals surface area contributed by atoms with Gasteiger partial charge in [0.1, 0.15) is 11.3 Å². The number of hydrogen-bond donors (Lipinski definition) is 1. The van der Waals surface area contributed by atoms with E-state index >= 15 is 0 Å². The van der Waals surface area contributed by atoms with E-state index < -0.39 is 5.60 Å². The minimum Gasteiger partial charge on any atom is -0.460 e. The van der Waals surface area contributed by atoms with Crippen molar-refractivity contribution >= 4 is 46.0 Å². The number of fused-ring (bicyclic) bond motifs is 2. The largest absolute Gasteiger partial charge is 0.460 e. The first kappa shape index (κ1) is 28.4. The van der Waals surface area contributed by atoms with E-state index in [4.69, 9.17) is 24.5 Å². The summed E-state index contributed by atoms with van der Waals surface area (Å²) in [6.07, 6.45) is 6.13. The first-order chi connectivity index (χ1) is 20.8. The van der Waals surface area contributed by atoms with Crippen LogP contribution < -0.4 is 10.2 Å². The van der Waals surface area contributed by atoms with Crippen LogP contribution in [0.2, 0.25) is 0 Å². The predicted molar refractivity (Wildman–Crippen MR) is 171 cm³/mol. The maximum Gasteiger partial charge on any atom is 0.308 e. The molecule has 0 spiro atoms. The molecule has 1 N–H and O–H groups in total. The molecule has 9 nitrogen and oxygen atoms in total. The van der Waals surface area contributed by atoms with Gasteiger partial charge in [-0.3, -0.25) is 4.79 Å². The van der Waals surface area contributed by atoms with Gasteiger partial charge in [-0.05, 0) is 63.3 Å². The van der Waals surface area contributed by atoms with Gasteiger partial charge in [-0.25, -0.2) is 14.5 Å². The van der Waals surface area contributed by atoms with Crippen molar-refractivity contribution in [3.63, 3.8) is 0 Å². The van der Waals surface area contributed by atoms with Gasteiger partial charge in [-0.15, -0.1) is 0 Å². The first-order valence-electron chi connectivity index (χ1n) is 14.6. The Balaban J connectivity index is 1.31.